The van der Waals surface area contributed by atoms with Crippen LogP contribution in [-0.2, 0) is 13.6 Å². The van der Waals surface area contributed by atoms with Crippen LogP contribution in [0.25, 0.3) is 0 Å². The van der Waals surface area contributed by atoms with Crippen molar-refractivity contribution in [2.75, 3.05) is 19.8 Å². The summed E-state index contributed by atoms with van der Waals surface area (Å²) >= 11 is 0. The van der Waals surface area contributed by atoms with Gasteiger partial charge in [0.05, 0.1) is 19.8 Å². The van der Waals surface area contributed by atoms with E-state index in [0.717, 1.165) is 50.9 Å². The van der Waals surface area contributed by atoms with E-state index in [1.165, 1.54) is 64.2 Å². The van der Waals surface area contributed by atoms with Crippen LogP contribution in [-0.4, -0.2) is 19.8 Å². The summed E-state index contributed by atoms with van der Waals surface area (Å²) in [5.74, 6) is 1.61. The first-order chi connectivity index (χ1) is 13.1. The predicted octanol–water partition coefficient (Wildman–Crippen LogP) is 8.67. The van der Waals surface area contributed by atoms with Gasteiger partial charge >= 0.3 is 8.60 Å². The molecule has 0 aromatic carbocycles. The molecule has 0 rings (SSSR count). The van der Waals surface area contributed by atoms with Crippen molar-refractivity contribution in [3.8, 4) is 0 Å². The minimum Gasteiger partial charge on any atom is -0.312 e. The van der Waals surface area contributed by atoms with Crippen molar-refractivity contribution in [2.24, 2.45) is 11.8 Å². The molecule has 0 atom stereocenters. The lowest BCUT2D eigenvalue weighted by atomic mass is 10.1. The number of unbranched alkanes of at least 4 members (excludes halogenated alkanes) is 8. The monoisotopic (exact) mass is 404 g/mol. The molecule has 0 aromatic heterocycles. The van der Waals surface area contributed by atoms with Crippen molar-refractivity contribution in [3.05, 3.63) is 0 Å². The van der Waals surface area contributed by atoms with Gasteiger partial charge in [-0.3, -0.25) is 0 Å². The Morgan fingerprint density at radius 1 is 0.519 bits per heavy atom. The van der Waals surface area contributed by atoms with Crippen LogP contribution in [0.4, 0.5) is 0 Å². The highest BCUT2D eigenvalue weighted by Crippen LogP contribution is 2.40. The molecule has 0 saturated heterocycles. The fourth-order valence-corrected chi connectivity index (χ4v) is 3.96. The summed E-state index contributed by atoms with van der Waals surface area (Å²) in [6.45, 7) is 13.7. The predicted molar refractivity (Wildman–Crippen MR) is 120 cm³/mol. The molecule has 0 aliphatic heterocycles. The zero-order valence-electron chi connectivity index (χ0n) is 19.1. The zero-order valence-corrected chi connectivity index (χ0v) is 20.0. The molecule has 4 heteroatoms. The topological polar surface area (TPSA) is 27.7 Å². The average Bonchev–Trinajstić information content (AvgIpc) is 2.62. The third-order valence-corrected chi connectivity index (χ3v) is 5.87. The van der Waals surface area contributed by atoms with Crippen molar-refractivity contribution in [3.63, 3.8) is 0 Å². The van der Waals surface area contributed by atoms with E-state index in [4.69, 9.17) is 13.6 Å². The largest absolute Gasteiger partial charge is 0.332 e. The summed E-state index contributed by atoms with van der Waals surface area (Å²) in [5, 5.41) is 0. The summed E-state index contributed by atoms with van der Waals surface area (Å²) < 4.78 is 17.8. The standard InChI is InChI=1S/C23H49O3P/c1-6-7-8-9-14-19-24-27(25-20-15-10-12-17-22(2)3)26-21-16-11-13-18-23(4)5/h22-23H,6-21H2,1-5H3. The molecule has 0 aliphatic rings. The second kappa shape index (κ2) is 21.0. The second-order valence-corrected chi connectivity index (χ2v) is 9.85. The van der Waals surface area contributed by atoms with E-state index in [1.54, 1.807) is 0 Å². The molecule has 0 unspecified atom stereocenters. The van der Waals surface area contributed by atoms with Crippen LogP contribution in [0.15, 0.2) is 0 Å². The van der Waals surface area contributed by atoms with Crippen LogP contribution in [0.1, 0.15) is 118 Å². The van der Waals surface area contributed by atoms with Crippen molar-refractivity contribution in [1.82, 2.24) is 0 Å². The van der Waals surface area contributed by atoms with Gasteiger partial charge in [-0.25, -0.2) is 0 Å². The molecular weight excluding hydrogens is 355 g/mol. The summed E-state index contributed by atoms with van der Waals surface area (Å²) in [7, 11) is -1.15. The van der Waals surface area contributed by atoms with Crippen LogP contribution in [0.5, 0.6) is 0 Å². The second-order valence-electron chi connectivity index (χ2n) is 8.62. The van der Waals surface area contributed by atoms with Gasteiger partial charge in [-0.1, -0.05) is 98.8 Å². The highest BCUT2D eigenvalue weighted by atomic mass is 31.2. The Morgan fingerprint density at radius 3 is 1.26 bits per heavy atom. The Kier molecular flexibility index (Phi) is 21.3. The Morgan fingerprint density at radius 2 is 0.889 bits per heavy atom. The van der Waals surface area contributed by atoms with E-state index in [2.05, 4.69) is 34.6 Å². The molecule has 0 heterocycles. The Bertz CT molecular complexity index is 265. The van der Waals surface area contributed by atoms with Crippen LogP contribution >= 0.6 is 8.60 Å². The van der Waals surface area contributed by atoms with Crippen LogP contribution < -0.4 is 0 Å². The summed E-state index contributed by atoms with van der Waals surface area (Å²) in [5.41, 5.74) is 0. The fraction of sp³-hybridized carbons (Fsp3) is 1.00. The Hall–Kier alpha value is 0.310. The molecule has 3 nitrogen and oxygen atoms in total. The maximum atomic E-state index is 5.94. The molecule has 0 spiro atoms. The van der Waals surface area contributed by atoms with E-state index in [0.29, 0.717) is 0 Å². The molecule has 0 aromatic rings. The summed E-state index contributed by atoms with van der Waals surface area (Å²) in [4.78, 5) is 0. The van der Waals surface area contributed by atoms with Gasteiger partial charge in [-0.05, 0) is 31.1 Å². The lowest BCUT2D eigenvalue weighted by molar-refractivity contribution is 0.153. The lowest BCUT2D eigenvalue weighted by Crippen LogP contribution is -2.01. The van der Waals surface area contributed by atoms with E-state index in [9.17, 15) is 0 Å². The van der Waals surface area contributed by atoms with Crippen molar-refractivity contribution >= 4 is 8.60 Å². The van der Waals surface area contributed by atoms with E-state index >= 15 is 0 Å². The highest BCUT2D eigenvalue weighted by molar-refractivity contribution is 7.41. The molecule has 27 heavy (non-hydrogen) atoms. The van der Waals surface area contributed by atoms with Crippen LogP contribution in [0.3, 0.4) is 0 Å². The first-order valence-corrected chi connectivity index (χ1v) is 12.8. The Balaban J connectivity index is 3.84. The highest BCUT2D eigenvalue weighted by Gasteiger charge is 2.12. The number of hydrogen-bond donors (Lipinski definition) is 0. The molecule has 0 aliphatic carbocycles. The normalized spacial score (nSPS) is 12.0. The van der Waals surface area contributed by atoms with Gasteiger partial charge in [0.1, 0.15) is 0 Å². The van der Waals surface area contributed by atoms with Gasteiger partial charge in [-0.2, -0.15) is 0 Å². The first kappa shape index (κ1) is 27.3. The van der Waals surface area contributed by atoms with E-state index in [-0.39, 0.29) is 0 Å². The smallest absolute Gasteiger partial charge is 0.312 e. The SMILES string of the molecule is CCCCCCCOP(OCCCCCC(C)C)OCCCCCC(C)C. The van der Waals surface area contributed by atoms with Gasteiger partial charge in [0.15, 0.2) is 0 Å². The molecule has 0 amide bonds. The molecule has 164 valence electrons. The summed E-state index contributed by atoms with van der Waals surface area (Å²) in [6.07, 6.45) is 16.2. The van der Waals surface area contributed by atoms with Gasteiger partial charge in [0.2, 0.25) is 0 Å². The maximum Gasteiger partial charge on any atom is 0.332 e. The van der Waals surface area contributed by atoms with Crippen LogP contribution in [0, 0.1) is 11.8 Å². The Labute approximate surface area is 172 Å². The minimum atomic E-state index is -1.15. The summed E-state index contributed by atoms with van der Waals surface area (Å²) in [6, 6.07) is 0. The fourth-order valence-electron chi connectivity index (χ4n) is 2.90. The lowest BCUT2D eigenvalue weighted by Gasteiger charge is -2.17. The zero-order chi connectivity index (χ0) is 20.2. The third-order valence-electron chi connectivity index (χ3n) is 4.69. The maximum absolute atomic E-state index is 5.94. The van der Waals surface area contributed by atoms with Crippen LogP contribution in [0.2, 0.25) is 0 Å². The first-order valence-electron chi connectivity index (χ1n) is 11.7. The van der Waals surface area contributed by atoms with E-state index < -0.39 is 8.60 Å². The van der Waals surface area contributed by atoms with Crippen molar-refractivity contribution < 1.29 is 13.6 Å². The molecule has 0 bridgehead atoms. The minimum absolute atomic E-state index is 0.771. The van der Waals surface area contributed by atoms with E-state index in [1.807, 2.05) is 0 Å². The number of rotatable bonds is 21. The average molecular weight is 405 g/mol. The molecule has 0 saturated carbocycles. The van der Waals surface area contributed by atoms with Gasteiger partial charge in [-0.15, -0.1) is 0 Å². The molecule has 0 radical (unpaired) electrons. The quantitative estimate of drug-likeness (QED) is 0.141. The number of hydrogen-bond acceptors (Lipinski definition) is 3. The van der Waals surface area contributed by atoms with Crippen molar-refractivity contribution in [1.29, 1.82) is 0 Å². The van der Waals surface area contributed by atoms with Crippen molar-refractivity contribution in [2.45, 2.75) is 118 Å². The third kappa shape index (κ3) is 22.5. The van der Waals surface area contributed by atoms with Gasteiger partial charge in [0, 0.05) is 0 Å². The van der Waals surface area contributed by atoms with Gasteiger partial charge in [0.25, 0.3) is 0 Å². The molecule has 0 N–H and O–H groups in total. The molecular formula is C23H49O3P. The molecule has 0 fully saturated rings. The van der Waals surface area contributed by atoms with Gasteiger partial charge < -0.3 is 13.6 Å².